The van der Waals surface area contributed by atoms with E-state index < -0.39 is 0 Å². The van der Waals surface area contributed by atoms with E-state index in [2.05, 4.69) is 52.2 Å². The van der Waals surface area contributed by atoms with E-state index in [4.69, 9.17) is 12.2 Å². The van der Waals surface area contributed by atoms with Gasteiger partial charge in [0.2, 0.25) is 10.7 Å². The van der Waals surface area contributed by atoms with Crippen LogP contribution in [-0.2, 0) is 6.42 Å². The van der Waals surface area contributed by atoms with Crippen molar-refractivity contribution < 1.29 is 4.57 Å². The lowest BCUT2D eigenvalue weighted by Gasteiger charge is -2.23. The van der Waals surface area contributed by atoms with Crippen molar-refractivity contribution in [1.82, 2.24) is 0 Å². The van der Waals surface area contributed by atoms with E-state index in [9.17, 15) is 0 Å². The van der Waals surface area contributed by atoms with Gasteiger partial charge in [-0.3, -0.25) is 0 Å². The molecule has 1 aromatic heterocycles. The van der Waals surface area contributed by atoms with Crippen molar-refractivity contribution in [2.75, 3.05) is 4.90 Å². The second-order valence-electron chi connectivity index (χ2n) is 4.22. The van der Waals surface area contributed by atoms with Gasteiger partial charge < -0.3 is 4.90 Å². The monoisotopic (exact) mass is 261 g/mol. The summed E-state index contributed by atoms with van der Waals surface area (Å²) < 4.78 is 2.27. The van der Waals surface area contributed by atoms with Crippen LogP contribution in [0.4, 0.5) is 5.69 Å². The number of thiazole rings is 1. The number of aromatic nitrogens is 1. The van der Waals surface area contributed by atoms with Crippen LogP contribution in [0.3, 0.4) is 0 Å². The molecule has 0 radical (unpaired) electrons. The Morgan fingerprint density at radius 1 is 1.47 bits per heavy atom. The third-order valence-corrected chi connectivity index (χ3v) is 4.28. The van der Waals surface area contributed by atoms with Gasteiger partial charge in [0.25, 0.3) is 0 Å². The number of para-hydroxylation sites is 2. The molecule has 0 aliphatic carbocycles. The quantitative estimate of drug-likeness (QED) is 0.575. The summed E-state index contributed by atoms with van der Waals surface area (Å²) in [7, 11) is 0. The summed E-state index contributed by atoms with van der Waals surface area (Å²) in [5.74, 6) is 0. The Hall–Kier alpha value is -1.26. The Morgan fingerprint density at radius 3 is 3.12 bits per heavy atom. The molecule has 2 nitrogen and oxygen atoms in total. The summed E-state index contributed by atoms with van der Waals surface area (Å²) in [6.07, 6.45) is 3.16. The van der Waals surface area contributed by atoms with Gasteiger partial charge in [-0.1, -0.05) is 35.7 Å². The fraction of sp³-hybridized carbons (Fsp3) is 0.231. The van der Waals surface area contributed by atoms with Gasteiger partial charge in [0.15, 0.2) is 6.20 Å². The molecule has 2 aromatic rings. The predicted molar refractivity (Wildman–Crippen MR) is 75.2 cm³/mol. The predicted octanol–water partition coefficient (Wildman–Crippen LogP) is 2.73. The zero-order valence-corrected chi connectivity index (χ0v) is 11.2. The highest BCUT2D eigenvalue weighted by Gasteiger charge is 2.30. The molecule has 0 saturated heterocycles. The number of hydrogen-bond acceptors (Lipinski definition) is 2. The summed E-state index contributed by atoms with van der Waals surface area (Å²) in [5.41, 5.74) is 4.17. The molecule has 1 atom stereocenters. The van der Waals surface area contributed by atoms with Crippen molar-refractivity contribution in [2.24, 2.45) is 0 Å². The lowest BCUT2D eigenvalue weighted by atomic mass is 10.2. The van der Waals surface area contributed by atoms with E-state index in [1.165, 1.54) is 16.4 Å². The Labute approximate surface area is 110 Å². The molecular weight excluding hydrogens is 248 g/mol. The van der Waals surface area contributed by atoms with Crippen LogP contribution < -0.4 is 9.47 Å². The Bertz CT molecular complexity index is 562. The van der Waals surface area contributed by atoms with E-state index in [1.807, 2.05) is 0 Å². The second-order valence-corrected chi connectivity index (χ2v) is 5.41. The van der Waals surface area contributed by atoms with Crippen LogP contribution in [0.25, 0.3) is 5.69 Å². The van der Waals surface area contributed by atoms with E-state index in [-0.39, 0.29) is 0 Å². The fourth-order valence-electron chi connectivity index (χ4n) is 2.31. The van der Waals surface area contributed by atoms with Crippen LogP contribution in [0.1, 0.15) is 11.9 Å². The molecular formula is C13H13N2S2+. The SMILES string of the molecule is CC1Cc2scc[n+]2-c2ccccc2N1C=S. The summed E-state index contributed by atoms with van der Waals surface area (Å²) in [5, 5.41) is 3.52. The topological polar surface area (TPSA) is 7.12 Å². The van der Waals surface area contributed by atoms with Gasteiger partial charge in [0, 0.05) is 12.1 Å². The molecule has 1 aromatic carbocycles. The Balaban J connectivity index is 2.28. The summed E-state index contributed by atoms with van der Waals surface area (Å²) in [6.45, 7) is 2.22. The van der Waals surface area contributed by atoms with Crippen molar-refractivity contribution in [1.29, 1.82) is 0 Å². The molecule has 1 aliphatic rings. The van der Waals surface area contributed by atoms with Crippen molar-refractivity contribution >= 4 is 34.7 Å². The van der Waals surface area contributed by atoms with Crippen LogP contribution in [0.5, 0.6) is 0 Å². The van der Waals surface area contributed by atoms with E-state index in [1.54, 1.807) is 16.8 Å². The van der Waals surface area contributed by atoms with Gasteiger partial charge in [0.1, 0.15) is 5.69 Å². The van der Waals surface area contributed by atoms with E-state index in [0.717, 1.165) is 6.42 Å². The first kappa shape index (κ1) is 10.9. The number of thiocarbonyl (C=S) groups is 1. The summed E-state index contributed by atoms with van der Waals surface area (Å²) in [6, 6.07) is 8.82. The lowest BCUT2D eigenvalue weighted by Crippen LogP contribution is -2.31. The number of nitrogens with zero attached hydrogens (tertiary/aromatic N) is 2. The summed E-state index contributed by atoms with van der Waals surface area (Å²) in [4.78, 5) is 2.18. The highest BCUT2D eigenvalue weighted by Crippen LogP contribution is 2.27. The fourth-order valence-corrected chi connectivity index (χ4v) is 3.58. The number of fused-ring (bicyclic) bond motifs is 3. The minimum atomic E-state index is 0.404. The number of anilines is 1. The van der Waals surface area contributed by atoms with Gasteiger partial charge in [0.05, 0.1) is 17.3 Å². The van der Waals surface area contributed by atoms with Gasteiger partial charge in [-0.25, -0.2) is 0 Å². The molecule has 1 unspecified atom stereocenters. The third kappa shape index (κ3) is 1.68. The van der Waals surface area contributed by atoms with Crippen LogP contribution in [-0.4, -0.2) is 11.5 Å². The van der Waals surface area contributed by atoms with Gasteiger partial charge >= 0.3 is 0 Å². The summed E-state index contributed by atoms with van der Waals surface area (Å²) >= 11 is 6.97. The van der Waals surface area contributed by atoms with Crippen molar-refractivity contribution in [3.8, 4) is 5.69 Å². The molecule has 0 amide bonds. The van der Waals surface area contributed by atoms with E-state index in [0.29, 0.717) is 6.04 Å². The van der Waals surface area contributed by atoms with E-state index >= 15 is 0 Å². The number of hydrogen-bond donors (Lipinski definition) is 0. The van der Waals surface area contributed by atoms with Gasteiger partial charge in [-0.15, -0.1) is 0 Å². The molecule has 0 saturated carbocycles. The molecule has 3 rings (SSSR count). The number of rotatable bonds is 1. The Morgan fingerprint density at radius 2 is 2.29 bits per heavy atom. The molecule has 4 heteroatoms. The normalized spacial score (nSPS) is 18.2. The molecule has 0 bridgehead atoms. The maximum Gasteiger partial charge on any atom is 0.245 e. The number of benzene rings is 1. The Kier molecular flexibility index (Phi) is 2.68. The highest BCUT2D eigenvalue weighted by atomic mass is 32.1. The van der Waals surface area contributed by atoms with Crippen LogP contribution >= 0.6 is 23.6 Å². The maximum atomic E-state index is 5.17. The third-order valence-electron chi connectivity index (χ3n) is 3.16. The maximum absolute atomic E-state index is 5.17. The van der Waals surface area contributed by atoms with Crippen LogP contribution in [0, 0.1) is 0 Å². The molecule has 0 spiro atoms. The second kappa shape index (κ2) is 4.20. The van der Waals surface area contributed by atoms with Gasteiger partial charge in [-0.05, 0) is 13.0 Å². The van der Waals surface area contributed by atoms with Crippen molar-refractivity contribution in [3.05, 3.63) is 40.8 Å². The molecule has 86 valence electrons. The lowest BCUT2D eigenvalue weighted by molar-refractivity contribution is -0.597. The molecule has 2 heterocycles. The van der Waals surface area contributed by atoms with Crippen LogP contribution in [0.15, 0.2) is 35.8 Å². The highest BCUT2D eigenvalue weighted by molar-refractivity contribution is 7.79. The van der Waals surface area contributed by atoms with Crippen molar-refractivity contribution in [3.63, 3.8) is 0 Å². The smallest absolute Gasteiger partial charge is 0.245 e. The minimum Gasteiger partial charge on any atom is -0.330 e. The molecule has 0 fully saturated rings. The zero-order valence-electron chi connectivity index (χ0n) is 9.54. The minimum absolute atomic E-state index is 0.404. The first-order valence-corrected chi connectivity index (χ1v) is 6.97. The molecule has 1 aliphatic heterocycles. The van der Waals surface area contributed by atoms with Crippen molar-refractivity contribution in [2.45, 2.75) is 19.4 Å². The first-order valence-electron chi connectivity index (χ1n) is 5.62. The average Bonchev–Trinajstić information content (AvgIpc) is 2.75. The van der Waals surface area contributed by atoms with Gasteiger partial charge in [-0.2, -0.15) is 4.57 Å². The molecule has 0 N–H and O–H groups in total. The largest absolute Gasteiger partial charge is 0.330 e. The zero-order chi connectivity index (χ0) is 11.8. The average molecular weight is 261 g/mol. The van der Waals surface area contributed by atoms with Crippen LogP contribution in [0.2, 0.25) is 0 Å². The standard InChI is InChI=1S/C13H13N2S2/c1-10-8-13-14(6-7-17-13)11-4-2-3-5-12(11)15(10)9-16/h2-7,9-10H,8H2,1H3/q+1. The first-order chi connectivity index (χ1) is 8.31. The molecule has 17 heavy (non-hydrogen) atoms.